The number of nitrogens with one attached hydrogen (secondary N) is 1. The van der Waals surface area contributed by atoms with Crippen molar-refractivity contribution in [3.63, 3.8) is 0 Å². The van der Waals surface area contributed by atoms with E-state index in [0.29, 0.717) is 31.4 Å². The Kier molecular flexibility index (Phi) is 5.08. The van der Waals surface area contributed by atoms with E-state index < -0.39 is 5.97 Å². The van der Waals surface area contributed by atoms with Gasteiger partial charge in [0.05, 0.1) is 12.9 Å². The average molecular weight is 291 g/mol. The van der Waals surface area contributed by atoms with Gasteiger partial charge in [0.2, 0.25) is 5.88 Å². The van der Waals surface area contributed by atoms with Gasteiger partial charge in [-0.1, -0.05) is 6.92 Å². The Labute approximate surface area is 121 Å². The Hall–Kier alpha value is -2.64. The minimum absolute atomic E-state index is 0.0345. The van der Waals surface area contributed by atoms with E-state index >= 15 is 0 Å². The van der Waals surface area contributed by atoms with E-state index in [2.05, 4.69) is 20.3 Å². The number of nitrogens with zero attached hydrogens (tertiary/aromatic N) is 4. The predicted molar refractivity (Wildman–Crippen MR) is 75.5 cm³/mol. The topological polar surface area (TPSA) is 102 Å². The zero-order valence-corrected chi connectivity index (χ0v) is 11.7. The van der Waals surface area contributed by atoms with Gasteiger partial charge in [0.25, 0.3) is 0 Å². The Morgan fingerprint density at radius 1 is 1.43 bits per heavy atom. The molecule has 0 aliphatic carbocycles. The summed E-state index contributed by atoms with van der Waals surface area (Å²) in [5.74, 6) is 0.162. The van der Waals surface area contributed by atoms with Crippen molar-refractivity contribution >= 4 is 11.8 Å². The molecule has 0 aliphatic heterocycles. The summed E-state index contributed by atoms with van der Waals surface area (Å²) in [6.07, 6.45) is 5.33. The second-order valence-electron chi connectivity index (χ2n) is 4.32. The first-order chi connectivity index (χ1) is 10.2. The maximum atomic E-state index is 10.7. The van der Waals surface area contributed by atoms with Crippen LogP contribution in [0.15, 0.2) is 24.9 Å². The predicted octanol–water partition coefficient (Wildman–Crippen LogP) is 1.27. The van der Waals surface area contributed by atoms with Crippen LogP contribution in [0.5, 0.6) is 5.88 Å². The fourth-order valence-electron chi connectivity index (χ4n) is 1.63. The number of rotatable bonds is 8. The van der Waals surface area contributed by atoms with Crippen LogP contribution in [-0.4, -0.2) is 43.7 Å². The third-order valence-corrected chi connectivity index (χ3v) is 2.62. The SMILES string of the molecule is CCCOc1cc(NCCn2cnc(C(=O)O)c2)ncn1. The molecule has 0 unspecified atom stereocenters. The van der Waals surface area contributed by atoms with Crippen LogP contribution in [-0.2, 0) is 6.54 Å². The Bertz CT molecular complexity index is 599. The highest BCUT2D eigenvalue weighted by Gasteiger charge is 2.06. The molecule has 0 aromatic carbocycles. The molecule has 0 amide bonds. The molecule has 112 valence electrons. The van der Waals surface area contributed by atoms with E-state index in [-0.39, 0.29) is 5.69 Å². The van der Waals surface area contributed by atoms with Crippen LogP contribution in [0.3, 0.4) is 0 Å². The molecule has 0 bridgehead atoms. The molecule has 0 spiro atoms. The van der Waals surface area contributed by atoms with Gasteiger partial charge in [-0.05, 0) is 6.42 Å². The lowest BCUT2D eigenvalue weighted by molar-refractivity contribution is 0.0691. The summed E-state index contributed by atoms with van der Waals surface area (Å²) in [6, 6.07) is 1.73. The monoisotopic (exact) mass is 291 g/mol. The van der Waals surface area contributed by atoms with Crippen molar-refractivity contribution in [3.8, 4) is 5.88 Å². The number of carboxylic acid groups (broad SMARTS) is 1. The Balaban J connectivity index is 1.83. The number of hydrogen-bond donors (Lipinski definition) is 2. The summed E-state index contributed by atoms with van der Waals surface area (Å²) < 4.78 is 7.12. The van der Waals surface area contributed by atoms with Crippen molar-refractivity contribution in [2.24, 2.45) is 0 Å². The summed E-state index contributed by atoms with van der Waals surface area (Å²) in [7, 11) is 0. The molecular formula is C13H17N5O3. The number of anilines is 1. The van der Waals surface area contributed by atoms with Crippen LogP contribution >= 0.6 is 0 Å². The van der Waals surface area contributed by atoms with E-state index in [1.165, 1.54) is 18.9 Å². The fourth-order valence-corrected chi connectivity index (χ4v) is 1.63. The minimum atomic E-state index is -1.03. The number of aromatic nitrogens is 4. The lowest BCUT2D eigenvalue weighted by atomic mass is 10.5. The molecule has 0 radical (unpaired) electrons. The Morgan fingerprint density at radius 2 is 2.29 bits per heavy atom. The standard InChI is InChI=1S/C13H17N5O3/c1-2-5-21-12-6-11(15-8-16-12)14-3-4-18-7-10(13(19)20)17-9-18/h6-9H,2-5H2,1H3,(H,19,20)(H,14,15,16). The van der Waals surface area contributed by atoms with E-state index in [1.54, 1.807) is 10.6 Å². The normalized spacial score (nSPS) is 10.3. The molecule has 2 aromatic heterocycles. The smallest absolute Gasteiger partial charge is 0.356 e. The highest BCUT2D eigenvalue weighted by Crippen LogP contribution is 2.10. The molecule has 0 aliphatic rings. The number of imidazole rings is 1. The summed E-state index contributed by atoms with van der Waals surface area (Å²) in [5.41, 5.74) is 0.0345. The molecule has 0 saturated heterocycles. The van der Waals surface area contributed by atoms with Crippen molar-refractivity contribution in [1.29, 1.82) is 0 Å². The molecule has 2 aromatic rings. The number of hydrogen-bond acceptors (Lipinski definition) is 6. The van der Waals surface area contributed by atoms with Crippen molar-refractivity contribution in [2.45, 2.75) is 19.9 Å². The quantitative estimate of drug-likeness (QED) is 0.755. The highest BCUT2D eigenvalue weighted by atomic mass is 16.5. The van der Waals surface area contributed by atoms with Crippen molar-refractivity contribution in [1.82, 2.24) is 19.5 Å². The first-order valence-corrected chi connectivity index (χ1v) is 6.63. The molecule has 21 heavy (non-hydrogen) atoms. The second-order valence-corrected chi connectivity index (χ2v) is 4.32. The van der Waals surface area contributed by atoms with Gasteiger partial charge < -0.3 is 19.7 Å². The van der Waals surface area contributed by atoms with Crippen LogP contribution in [0.2, 0.25) is 0 Å². The van der Waals surface area contributed by atoms with Gasteiger partial charge in [0, 0.05) is 25.4 Å². The third kappa shape index (κ3) is 4.44. The van der Waals surface area contributed by atoms with E-state index in [0.717, 1.165) is 6.42 Å². The second kappa shape index (κ2) is 7.22. The van der Waals surface area contributed by atoms with Gasteiger partial charge in [-0.2, -0.15) is 0 Å². The maximum absolute atomic E-state index is 10.7. The van der Waals surface area contributed by atoms with Crippen molar-refractivity contribution in [3.05, 3.63) is 30.6 Å². The van der Waals surface area contributed by atoms with Gasteiger partial charge in [-0.25, -0.2) is 19.7 Å². The van der Waals surface area contributed by atoms with Crippen LogP contribution < -0.4 is 10.1 Å². The number of ether oxygens (including phenoxy) is 1. The van der Waals surface area contributed by atoms with Crippen LogP contribution in [0, 0.1) is 0 Å². The molecule has 0 atom stereocenters. The van der Waals surface area contributed by atoms with E-state index in [4.69, 9.17) is 9.84 Å². The Morgan fingerprint density at radius 3 is 3.00 bits per heavy atom. The third-order valence-electron chi connectivity index (χ3n) is 2.62. The first kappa shape index (κ1) is 14.8. The fraction of sp³-hybridized carbons (Fsp3) is 0.385. The van der Waals surface area contributed by atoms with Gasteiger partial charge in [0.15, 0.2) is 5.69 Å². The van der Waals surface area contributed by atoms with Crippen LogP contribution in [0.1, 0.15) is 23.8 Å². The molecule has 2 rings (SSSR count). The van der Waals surface area contributed by atoms with Crippen molar-refractivity contribution < 1.29 is 14.6 Å². The van der Waals surface area contributed by atoms with Gasteiger partial charge in [-0.15, -0.1) is 0 Å². The van der Waals surface area contributed by atoms with E-state index in [1.807, 2.05) is 6.92 Å². The molecular weight excluding hydrogens is 274 g/mol. The summed E-state index contributed by atoms with van der Waals surface area (Å²) >= 11 is 0. The van der Waals surface area contributed by atoms with Gasteiger partial charge in [-0.3, -0.25) is 0 Å². The molecule has 0 saturated carbocycles. The number of aromatic carboxylic acids is 1. The molecule has 8 nitrogen and oxygen atoms in total. The van der Waals surface area contributed by atoms with Crippen molar-refractivity contribution in [2.75, 3.05) is 18.5 Å². The molecule has 8 heteroatoms. The zero-order chi connectivity index (χ0) is 15.1. The largest absolute Gasteiger partial charge is 0.478 e. The lowest BCUT2D eigenvalue weighted by Crippen LogP contribution is -2.10. The average Bonchev–Trinajstić information content (AvgIpc) is 2.95. The molecule has 2 N–H and O–H groups in total. The minimum Gasteiger partial charge on any atom is -0.478 e. The number of carbonyl (C=O) groups is 1. The lowest BCUT2D eigenvalue weighted by Gasteiger charge is -2.07. The summed E-state index contributed by atoms with van der Waals surface area (Å²) in [6.45, 7) is 3.80. The summed E-state index contributed by atoms with van der Waals surface area (Å²) in [4.78, 5) is 22.6. The molecule has 2 heterocycles. The molecule has 0 fully saturated rings. The van der Waals surface area contributed by atoms with Gasteiger partial charge >= 0.3 is 5.97 Å². The maximum Gasteiger partial charge on any atom is 0.356 e. The van der Waals surface area contributed by atoms with E-state index in [9.17, 15) is 4.79 Å². The first-order valence-electron chi connectivity index (χ1n) is 6.63. The highest BCUT2D eigenvalue weighted by molar-refractivity contribution is 5.84. The summed E-state index contributed by atoms with van der Waals surface area (Å²) in [5, 5.41) is 11.9. The van der Waals surface area contributed by atoms with Crippen LogP contribution in [0.4, 0.5) is 5.82 Å². The number of carboxylic acids is 1. The van der Waals surface area contributed by atoms with Crippen LogP contribution in [0.25, 0.3) is 0 Å². The zero-order valence-electron chi connectivity index (χ0n) is 11.7. The van der Waals surface area contributed by atoms with Gasteiger partial charge in [0.1, 0.15) is 12.1 Å².